The largest absolute Gasteiger partial charge is 0.497 e. The Kier molecular flexibility index (Phi) is 4.97. The molecule has 0 radical (unpaired) electrons. The molecule has 100 valence electrons. The summed E-state index contributed by atoms with van der Waals surface area (Å²) in [6, 6.07) is 4.92. The minimum atomic E-state index is -0.162. The van der Waals surface area contributed by atoms with Gasteiger partial charge in [0.25, 0.3) is 5.91 Å². The van der Waals surface area contributed by atoms with Crippen molar-refractivity contribution in [3.63, 3.8) is 0 Å². The van der Waals surface area contributed by atoms with Crippen LogP contribution in [0.3, 0.4) is 0 Å². The van der Waals surface area contributed by atoms with Crippen molar-refractivity contribution in [1.82, 2.24) is 4.90 Å². The molecule has 18 heavy (non-hydrogen) atoms. The fraction of sp³-hybridized carbons (Fsp3) is 0.462. The highest BCUT2D eigenvalue weighted by atomic mass is 16.5. The zero-order chi connectivity index (χ0) is 13.7. The molecule has 0 aliphatic heterocycles. The predicted octanol–water partition coefficient (Wildman–Crippen LogP) is 1.12. The lowest BCUT2D eigenvalue weighted by atomic mass is 10.1. The van der Waals surface area contributed by atoms with E-state index in [0.717, 1.165) is 0 Å². The summed E-state index contributed by atoms with van der Waals surface area (Å²) >= 11 is 0. The summed E-state index contributed by atoms with van der Waals surface area (Å²) in [7, 11) is 1.52. The summed E-state index contributed by atoms with van der Waals surface area (Å²) in [4.78, 5) is 13.9. The van der Waals surface area contributed by atoms with Crippen molar-refractivity contribution >= 4 is 11.6 Å². The van der Waals surface area contributed by atoms with Crippen LogP contribution in [-0.4, -0.2) is 42.2 Å². The Bertz CT molecular complexity index is 419. The first-order valence-electron chi connectivity index (χ1n) is 5.86. The molecular formula is C13H20N2O3. The number of aliphatic hydroxyl groups excluding tert-OH is 1. The fourth-order valence-corrected chi connectivity index (χ4v) is 1.73. The molecule has 0 aromatic heterocycles. The van der Waals surface area contributed by atoms with Crippen LogP contribution in [0.5, 0.6) is 5.75 Å². The first-order valence-corrected chi connectivity index (χ1v) is 5.86. The molecule has 0 aliphatic carbocycles. The molecule has 0 saturated carbocycles. The van der Waals surface area contributed by atoms with Crippen LogP contribution in [-0.2, 0) is 0 Å². The van der Waals surface area contributed by atoms with Crippen molar-refractivity contribution in [3.05, 3.63) is 23.8 Å². The average Bonchev–Trinajstić information content (AvgIpc) is 2.33. The van der Waals surface area contributed by atoms with E-state index in [9.17, 15) is 4.79 Å². The number of aliphatic hydroxyl groups is 1. The molecular weight excluding hydrogens is 232 g/mol. The van der Waals surface area contributed by atoms with Crippen LogP contribution in [0.4, 0.5) is 5.69 Å². The van der Waals surface area contributed by atoms with E-state index in [-0.39, 0.29) is 18.6 Å². The van der Waals surface area contributed by atoms with E-state index in [1.807, 2.05) is 13.8 Å². The highest BCUT2D eigenvalue weighted by Gasteiger charge is 2.19. The lowest BCUT2D eigenvalue weighted by Gasteiger charge is -2.26. The second kappa shape index (κ2) is 6.26. The third-order valence-corrected chi connectivity index (χ3v) is 2.64. The molecule has 0 fully saturated rings. The summed E-state index contributed by atoms with van der Waals surface area (Å²) < 4.78 is 5.09. The molecule has 1 aromatic carbocycles. The smallest absolute Gasteiger partial charge is 0.254 e. The van der Waals surface area contributed by atoms with E-state index in [0.29, 0.717) is 23.5 Å². The van der Waals surface area contributed by atoms with Crippen LogP contribution in [0.15, 0.2) is 18.2 Å². The minimum Gasteiger partial charge on any atom is -0.497 e. The van der Waals surface area contributed by atoms with E-state index in [1.165, 1.54) is 7.11 Å². The molecule has 1 amide bonds. The summed E-state index contributed by atoms with van der Waals surface area (Å²) in [6.07, 6.45) is 0. The van der Waals surface area contributed by atoms with Crippen LogP contribution >= 0.6 is 0 Å². The highest BCUT2D eigenvalue weighted by Crippen LogP contribution is 2.20. The second-order valence-electron chi connectivity index (χ2n) is 4.31. The van der Waals surface area contributed by atoms with Gasteiger partial charge in [-0.05, 0) is 26.0 Å². The molecule has 1 aromatic rings. The number of anilines is 1. The van der Waals surface area contributed by atoms with Gasteiger partial charge in [-0.1, -0.05) is 0 Å². The van der Waals surface area contributed by atoms with E-state index in [1.54, 1.807) is 23.1 Å². The molecule has 0 atom stereocenters. The number of nitrogens with zero attached hydrogens (tertiary/aromatic N) is 1. The lowest BCUT2D eigenvalue weighted by Crippen LogP contribution is -2.39. The molecule has 0 heterocycles. The monoisotopic (exact) mass is 252 g/mol. The zero-order valence-electron chi connectivity index (χ0n) is 11.0. The number of hydrogen-bond donors (Lipinski definition) is 2. The number of benzene rings is 1. The Labute approximate surface area is 107 Å². The molecule has 5 heteroatoms. The first kappa shape index (κ1) is 14.3. The van der Waals surface area contributed by atoms with Crippen LogP contribution in [0.1, 0.15) is 24.2 Å². The van der Waals surface area contributed by atoms with Crippen LogP contribution in [0.2, 0.25) is 0 Å². The second-order valence-corrected chi connectivity index (χ2v) is 4.31. The van der Waals surface area contributed by atoms with Crippen molar-refractivity contribution in [2.24, 2.45) is 0 Å². The Morgan fingerprint density at radius 2 is 2.11 bits per heavy atom. The molecule has 1 rings (SSSR count). The number of ether oxygens (including phenoxy) is 1. The van der Waals surface area contributed by atoms with Crippen molar-refractivity contribution in [1.29, 1.82) is 0 Å². The number of nitrogen functional groups attached to an aromatic ring is 1. The first-order chi connectivity index (χ1) is 8.49. The normalized spacial score (nSPS) is 10.5. The summed E-state index contributed by atoms with van der Waals surface area (Å²) in [5.74, 6) is 0.385. The summed E-state index contributed by atoms with van der Waals surface area (Å²) in [5, 5.41) is 8.99. The van der Waals surface area contributed by atoms with E-state index in [2.05, 4.69) is 0 Å². The quantitative estimate of drug-likeness (QED) is 0.770. The van der Waals surface area contributed by atoms with E-state index < -0.39 is 0 Å². The number of methoxy groups -OCH3 is 1. The van der Waals surface area contributed by atoms with Gasteiger partial charge in [0.05, 0.1) is 13.7 Å². The van der Waals surface area contributed by atoms with Gasteiger partial charge in [-0.15, -0.1) is 0 Å². The Balaban J connectivity index is 3.04. The SMILES string of the molecule is COc1cc(N)cc(C(=O)N(CCO)C(C)C)c1. The Morgan fingerprint density at radius 1 is 1.44 bits per heavy atom. The van der Waals surface area contributed by atoms with Crippen molar-refractivity contribution in [3.8, 4) is 5.75 Å². The number of rotatable bonds is 5. The highest BCUT2D eigenvalue weighted by molar-refractivity contribution is 5.95. The van der Waals surface area contributed by atoms with Gasteiger partial charge in [-0.25, -0.2) is 0 Å². The molecule has 0 unspecified atom stereocenters. The fourth-order valence-electron chi connectivity index (χ4n) is 1.73. The maximum Gasteiger partial charge on any atom is 0.254 e. The third kappa shape index (κ3) is 3.37. The maximum absolute atomic E-state index is 12.3. The predicted molar refractivity (Wildman–Crippen MR) is 70.7 cm³/mol. The number of nitrogens with two attached hydrogens (primary N) is 1. The van der Waals surface area contributed by atoms with E-state index in [4.69, 9.17) is 15.6 Å². The number of carbonyl (C=O) groups is 1. The van der Waals surface area contributed by atoms with Gasteiger partial charge >= 0.3 is 0 Å². The lowest BCUT2D eigenvalue weighted by molar-refractivity contribution is 0.0665. The summed E-state index contributed by atoms with van der Waals surface area (Å²) in [5.41, 5.74) is 6.67. The molecule has 0 spiro atoms. The van der Waals surface area contributed by atoms with Gasteiger partial charge in [-0.3, -0.25) is 4.79 Å². The van der Waals surface area contributed by atoms with Crippen LogP contribution < -0.4 is 10.5 Å². The summed E-state index contributed by atoms with van der Waals surface area (Å²) in [6.45, 7) is 4.03. The van der Waals surface area contributed by atoms with Crippen molar-refractivity contribution < 1.29 is 14.6 Å². The maximum atomic E-state index is 12.3. The van der Waals surface area contributed by atoms with Gasteiger partial charge < -0.3 is 20.5 Å². The van der Waals surface area contributed by atoms with E-state index >= 15 is 0 Å². The molecule has 0 aliphatic rings. The van der Waals surface area contributed by atoms with Gasteiger partial charge in [0.1, 0.15) is 5.75 Å². The van der Waals surface area contributed by atoms with Crippen molar-refractivity contribution in [2.75, 3.05) is 26.0 Å². The number of amides is 1. The molecule has 5 nitrogen and oxygen atoms in total. The van der Waals surface area contributed by atoms with Gasteiger partial charge in [0.2, 0.25) is 0 Å². The topological polar surface area (TPSA) is 75.8 Å². The number of hydrogen-bond acceptors (Lipinski definition) is 4. The molecule has 3 N–H and O–H groups in total. The average molecular weight is 252 g/mol. The number of carbonyl (C=O) groups excluding carboxylic acids is 1. The zero-order valence-corrected chi connectivity index (χ0v) is 11.0. The Hall–Kier alpha value is -1.75. The van der Waals surface area contributed by atoms with Gasteiger partial charge in [0, 0.05) is 29.9 Å². The Morgan fingerprint density at radius 3 is 2.61 bits per heavy atom. The van der Waals surface area contributed by atoms with Gasteiger partial charge in [0.15, 0.2) is 0 Å². The van der Waals surface area contributed by atoms with Crippen molar-refractivity contribution in [2.45, 2.75) is 19.9 Å². The third-order valence-electron chi connectivity index (χ3n) is 2.64. The van der Waals surface area contributed by atoms with Crippen LogP contribution in [0, 0.1) is 0 Å². The standard InChI is InChI=1S/C13H20N2O3/c1-9(2)15(4-5-16)13(17)10-6-11(14)8-12(7-10)18-3/h6-9,16H,4-5,14H2,1-3H3. The minimum absolute atomic E-state index is 0.0112. The van der Waals surface area contributed by atoms with Crippen LogP contribution in [0.25, 0.3) is 0 Å². The molecule has 0 bridgehead atoms. The molecule has 0 saturated heterocycles. The van der Waals surface area contributed by atoms with Gasteiger partial charge in [-0.2, -0.15) is 0 Å².